The molecule has 5 aliphatic heterocycles. The molecule has 0 saturated carbocycles. The summed E-state index contributed by atoms with van der Waals surface area (Å²) < 4.78 is 3.16. The van der Waals surface area contributed by atoms with Gasteiger partial charge in [-0.3, -0.25) is 45.3 Å². The molecule has 12 nitrogen and oxygen atoms in total. The fourth-order valence-electron chi connectivity index (χ4n) is 26.3. The zero-order valence-corrected chi connectivity index (χ0v) is 92.2. The molecular formula is C123H118B5N6O6P5S3. The number of non-ortho nitro benzene ring substituents is 3. The third-order valence-corrected chi connectivity index (χ3v) is 57.2. The van der Waals surface area contributed by atoms with Crippen molar-refractivity contribution >= 4 is 240 Å². The highest BCUT2D eigenvalue weighted by Gasteiger charge is 2.61. The highest BCUT2D eigenvalue weighted by Crippen LogP contribution is 2.72. The second-order valence-corrected chi connectivity index (χ2v) is 69.5. The number of pyridine rings is 3. The van der Waals surface area contributed by atoms with Gasteiger partial charge in [0.05, 0.1) is 14.8 Å². The molecule has 25 heteroatoms. The third kappa shape index (κ3) is 18.1. The largest absolute Gasteiger partial charge is 0.298 e. The summed E-state index contributed by atoms with van der Waals surface area (Å²) in [4.78, 5) is 48.2. The summed E-state index contributed by atoms with van der Waals surface area (Å²) in [6, 6.07) is 136. The van der Waals surface area contributed by atoms with Gasteiger partial charge < -0.3 is 0 Å². The van der Waals surface area contributed by atoms with Gasteiger partial charge in [0, 0.05) is 158 Å². The van der Waals surface area contributed by atoms with Crippen LogP contribution in [0.25, 0.3) is 70.5 Å². The van der Waals surface area contributed by atoms with E-state index in [1.807, 2.05) is 70.8 Å². The van der Waals surface area contributed by atoms with E-state index >= 15 is 0 Å². The van der Waals surface area contributed by atoms with Gasteiger partial charge in [0.25, 0.3) is 28.8 Å². The lowest BCUT2D eigenvalue weighted by atomic mass is 9.33. The highest BCUT2D eigenvalue weighted by atomic mass is 32.1. The summed E-state index contributed by atoms with van der Waals surface area (Å²) in [5.41, 5.74) is 22.8. The molecule has 0 amide bonds. The minimum Gasteiger partial charge on any atom is -0.298 e. The van der Waals surface area contributed by atoms with Gasteiger partial charge in [-0.2, -0.15) is 71.9 Å². The standard InChI is InChI=1S/C35H30BP.C28H28BP.C23H21BN3O6P.C20H21BN3P.C17H18BPS3/c1-37(2)22-21-35(32-16-15-26-9-3-6-12-29(26)23-32)36(37,33-19-17-27-10-4-7-13-30(27)24-33)34-20-18-28-11-5-8-14-31(28)25-34;1-22-13-17-27(18-14-22)29(26-11-5-4-6-12-26)28(19-20-30(29,2)3)25-16-15-23-9-7-8-10-24(23)21-25;1-34(2)16-15-23(17-3-9-20(10-4-17)25(28)29)24(34,18-5-11-21(12-6-18)26(30)31)19-7-13-22(14-8-19)27(32)33;1-25(2)16-12-17(18-9-3-6-13-22-18)21(25,19-10-4-7-14-23-19)20-11-5-8-15-24-20;1-19(2)10-9-14(15-6-3-11-20-15)18(19,16-7-4-12-21-16)17-8-5-13-22-17/h3-21,23-25H,22H2,1-2H3;4-19,21H,20H2,1-3H3;3-15H,16H2,1-2H3;3-15H,16H2,1-2H3;3-9,11-13H,10H2,1-2H3. The molecule has 6 aromatic heterocycles. The number of rotatable bonds is 18. The van der Waals surface area contributed by atoms with Crippen molar-refractivity contribution in [1.29, 1.82) is 0 Å². The summed E-state index contributed by atoms with van der Waals surface area (Å²) in [6.45, 7) is 26.9. The minimum absolute atomic E-state index is 0.0137. The molecule has 0 N–H and O–H groups in total. The van der Waals surface area contributed by atoms with Crippen LogP contribution in [0.4, 0.5) is 17.1 Å². The molecule has 5 aliphatic rings. The molecule has 13 aromatic carbocycles. The van der Waals surface area contributed by atoms with Crippen LogP contribution in [-0.4, -0.2) is 157 Å². The molecule has 734 valence electrons. The number of nitro groups is 3. The quantitative estimate of drug-likeness (QED) is 0.0351. The van der Waals surface area contributed by atoms with Crippen molar-refractivity contribution in [2.75, 3.05) is 97.5 Å². The SMILES string of the molecule is C[P+]1(C)CC=C(c2ccc([N+](=O)[O-])cc2)[B-]1(c1ccc([N+](=O)[O-])cc1)c1ccc([N+](=O)[O-])cc1.C[P+]1(C)CC=C(c2ccc3ccccc3c2)[B-]1(c1ccc2ccccc2c1)c1ccc2ccccc2c1.C[P+]1(C)CC=C(c2ccccn2)[B-]1(c1ccccn1)c1ccccn1.C[P+]1(C)CC=C(c2cccs2)[B-]1(c1cccs1)c1cccs1.Cc1ccc([B-]2(c3ccccc3)C(c3ccc4ccccc4c3)=CC[P+]2(C)C)cc1. The van der Waals surface area contributed by atoms with Crippen LogP contribution in [0.15, 0.2) is 453 Å². The first-order valence-corrected chi connectivity index (χ1v) is 68.0. The fourth-order valence-corrected chi connectivity index (χ4v) is 50.4. The Morgan fingerprint density at radius 1 is 0.250 bits per heavy atom. The van der Waals surface area contributed by atoms with Crippen LogP contribution in [-0.2, 0) is 0 Å². The molecule has 24 rings (SSSR count). The molecule has 0 saturated heterocycles. The number of hydrogen-bond acceptors (Lipinski definition) is 12. The Labute approximate surface area is 883 Å². The molecule has 19 aromatic rings. The molecule has 0 spiro atoms. The van der Waals surface area contributed by atoms with Gasteiger partial charge in [-0.25, -0.2) is 0 Å². The molecule has 1 unspecified atom stereocenters. The minimum atomic E-state index is -1.81. The van der Waals surface area contributed by atoms with E-state index in [0.717, 1.165) is 57.3 Å². The first-order valence-electron chi connectivity index (χ1n) is 50.6. The Bertz CT molecular complexity index is 8130. The van der Waals surface area contributed by atoms with Crippen molar-refractivity contribution in [2.24, 2.45) is 0 Å². The number of hydrogen-bond donors (Lipinski definition) is 0. The first kappa shape index (κ1) is 102. The number of nitro benzene ring substituents is 3. The summed E-state index contributed by atoms with van der Waals surface area (Å²) >= 11 is 5.79. The van der Waals surface area contributed by atoms with E-state index < -0.39 is 79.8 Å². The van der Waals surface area contributed by atoms with E-state index in [1.54, 1.807) is 51.4 Å². The van der Waals surface area contributed by atoms with Gasteiger partial charge >= 0.3 is 0 Å². The average molecular weight is 2080 g/mol. The van der Waals surface area contributed by atoms with Crippen molar-refractivity contribution in [3.05, 3.63) is 517 Å². The van der Waals surface area contributed by atoms with Crippen molar-refractivity contribution in [1.82, 2.24) is 15.0 Å². The maximum absolute atomic E-state index is 11.3. The van der Waals surface area contributed by atoms with Crippen molar-refractivity contribution in [3.8, 4) is 0 Å². The van der Waals surface area contributed by atoms with Crippen LogP contribution in [0.2, 0.25) is 0 Å². The maximum atomic E-state index is 11.3. The molecule has 0 fully saturated rings. The number of aromatic nitrogens is 3. The van der Waals surface area contributed by atoms with Crippen LogP contribution in [0.3, 0.4) is 0 Å². The van der Waals surface area contributed by atoms with E-state index in [1.165, 1.54) is 152 Å². The normalized spacial score (nSPS) is 17.8. The van der Waals surface area contributed by atoms with E-state index in [0.29, 0.717) is 0 Å². The number of aryl methyl sites for hydroxylation is 1. The molecule has 11 heterocycles. The van der Waals surface area contributed by atoms with Crippen molar-refractivity contribution < 1.29 is 14.8 Å². The fraction of sp³-hybridized carbons (Fsp3) is 0.130. The Balaban J connectivity index is 0.000000113. The molecule has 0 bridgehead atoms. The van der Waals surface area contributed by atoms with Gasteiger partial charge in [0.1, 0.15) is 0 Å². The van der Waals surface area contributed by atoms with Gasteiger partial charge in [-0.15, -0.1) is 67.5 Å². The Morgan fingerprint density at radius 3 is 0.932 bits per heavy atom. The van der Waals surface area contributed by atoms with Gasteiger partial charge in [-0.1, -0.05) is 385 Å². The van der Waals surface area contributed by atoms with Crippen molar-refractivity contribution in [2.45, 2.75) is 6.92 Å². The average Bonchev–Trinajstić information content (AvgIpc) is 1.54. The zero-order valence-electron chi connectivity index (χ0n) is 85.3. The van der Waals surface area contributed by atoms with Crippen LogP contribution in [0.1, 0.15) is 32.8 Å². The predicted molar refractivity (Wildman–Crippen MR) is 662 cm³/mol. The lowest BCUT2D eigenvalue weighted by molar-refractivity contribution is -0.385. The zero-order chi connectivity index (χ0) is 103. The maximum Gasteiger partial charge on any atom is 0.282 e. The van der Waals surface area contributed by atoms with Crippen LogP contribution in [0.5, 0.6) is 0 Å². The number of fused-ring (bicyclic) bond motifs is 4. The Hall–Kier alpha value is -13.2. The second kappa shape index (κ2) is 41.7. The van der Waals surface area contributed by atoms with Crippen LogP contribution < -0.4 is 53.5 Å². The topological polar surface area (TPSA) is 168 Å². The lowest BCUT2D eigenvalue weighted by Crippen LogP contribution is -2.61. The number of thiophene rings is 3. The third-order valence-electron chi connectivity index (χ3n) is 33.4. The first-order chi connectivity index (χ1) is 71.5. The summed E-state index contributed by atoms with van der Waals surface area (Å²) in [6.07, 6.45) is 23.4. The lowest BCUT2D eigenvalue weighted by Gasteiger charge is -2.46. The second-order valence-electron chi connectivity index (χ2n) is 43.1. The number of benzene rings is 13. The molecular weight excluding hydrogens is 1960 g/mol. The molecule has 0 aliphatic carbocycles. The van der Waals surface area contributed by atoms with Crippen molar-refractivity contribution in [3.63, 3.8) is 0 Å². The predicted octanol–water partition coefficient (Wildman–Crippen LogP) is 26.3. The van der Waals surface area contributed by atoms with E-state index in [9.17, 15) is 30.3 Å². The van der Waals surface area contributed by atoms with Gasteiger partial charge in [0.2, 0.25) is 17.6 Å². The van der Waals surface area contributed by atoms with Gasteiger partial charge in [-0.05, 0) is 101 Å². The Morgan fingerprint density at radius 2 is 0.554 bits per heavy atom. The molecule has 148 heavy (non-hydrogen) atoms. The molecule has 1 atom stereocenters. The Kier molecular flexibility index (Phi) is 28.8. The van der Waals surface area contributed by atoms with E-state index in [4.69, 9.17) is 9.97 Å². The summed E-state index contributed by atoms with van der Waals surface area (Å²) in [5, 5.41) is 50.9. The van der Waals surface area contributed by atoms with Crippen LogP contribution >= 0.6 is 69.7 Å². The van der Waals surface area contributed by atoms with Crippen LogP contribution in [0, 0.1) is 37.3 Å². The van der Waals surface area contributed by atoms with E-state index in [-0.39, 0.29) is 17.1 Å². The monoisotopic (exact) mass is 2080 g/mol. The van der Waals surface area contributed by atoms with E-state index in [2.05, 4.69) is 422 Å². The highest BCUT2D eigenvalue weighted by molar-refractivity contribution is 8.17. The smallest absolute Gasteiger partial charge is 0.282 e. The number of nitrogens with zero attached hydrogens (tertiary/aromatic N) is 6. The molecule has 0 radical (unpaired) electrons. The summed E-state index contributed by atoms with van der Waals surface area (Å²) in [7, 11) is -7.07. The summed E-state index contributed by atoms with van der Waals surface area (Å²) in [5.74, 6) is -5.76. The van der Waals surface area contributed by atoms with Gasteiger partial charge in [0.15, 0.2) is 0 Å². The number of allylic oxidation sites excluding steroid dienone is 5.